The van der Waals surface area contributed by atoms with E-state index in [2.05, 4.69) is 46.8 Å². The van der Waals surface area contributed by atoms with E-state index < -0.39 is 0 Å². The van der Waals surface area contributed by atoms with Crippen LogP contribution in [0.5, 0.6) is 0 Å². The second-order valence-electron chi connectivity index (χ2n) is 7.33. The van der Waals surface area contributed by atoms with Crippen molar-refractivity contribution < 1.29 is 4.79 Å². The van der Waals surface area contributed by atoms with Gasteiger partial charge in [-0.1, -0.05) is 30.3 Å². The normalized spacial score (nSPS) is 14.0. The molecule has 0 radical (unpaired) electrons. The summed E-state index contributed by atoms with van der Waals surface area (Å²) in [7, 11) is 0. The molecule has 1 heterocycles. The van der Waals surface area contributed by atoms with Gasteiger partial charge in [0.2, 0.25) is 0 Å². The van der Waals surface area contributed by atoms with E-state index in [4.69, 9.17) is 0 Å². The number of nitrogens with zero attached hydrogens (tertiary/aromatic N) is 2. The van der Waals surface area contributed by atoms with Gasteiger partial charge >= 0.3 is 0 Å². The lowest BCUT2D eigenvalue weighted by molar-refractivity contribution is 0.0724. The highest BCUT2D eigenvalue weighted by molar-refractivity contribution is 14.0. The Hall–Kier alpha value is -1.74. The van der Waals surface area contributed by atoms with Gasteiger partial charge in [0.15, 0.2) is 5.96 Å². The summed E-state index contributed by atoms with van der Waals surface area (Å²) in [6.45, 7) is 6.07. The Morgan fingerprint density at radius 2 is 1.71 bits per heavy atom. The molecule has 2 N–H and O–H groups in total. The molecule has 7 heteroatoms. The van der Waals surface area contributed by atoms with Crippen molar-refractivity contribution in [2.75, 3.05) is 31.9 Å². The van der Waals surface area contributed by atoms with E-state index in [9.17, 15) is 4.79 Å². The number of likely N-dealkylation sites (tertiary alicyclic amines) is 1. The van der Waals surface area contributed by atoms with Crippen molar-refractivity contribution in [1.82, 2.24) is 15.5 Å². The molecule has 0 atom stereocenters. The maximum atomic E-state index is 12.6. The van der Waals surface area contributed by atoms with Crippen LogP contribution in [0.2, 0.25) is 0 Å². The maximum absolute atomic E-state index is 12.6. The first-order valence-electron chi connectivity index (χ1n) is 10.8. The molecule has 1 saturated heterocycles. The number of guanidine groups is 1. The Morgan fingerprint density at radius 3 is 2.39 bits per heavy atom. The van der Waals surface area contributed by atoms with E-state index in [0.29, 0.717) is 6.54 Å². The molecule has 2 aromatic carbocycles. The summed E-state index contributed by atoms with van der Waals surface area (Å²) < 4.78 is 0. The molecule has 5 nitrogen and oxygen atoms in total. The van der Waals surface area contributed by atoms with Crippen LogP contribution in [0.25, 0.3) is 0 Å². The van der Waals surface area contributed by atoms with Crippen molar-refractivity contribution >= 4 is 47.6 Å². The van der Waals surface area contributed by atoms with Gasteiger partial charge in [0.25, 0.3) is 5.91 Å². The minimum atomic E-state index is 0. The van der Waals surface area contributed by atoms with Crippen molar-refractivity contribution in [2.45, 2.75) is 37.6 Å². The summed E-state index contributed by atoms with van der Waals surface area (Å²) in [6.07, 6.45) is 3.46. The summed E-state index contributed by atoms with van der Waals surface area (Å²) in [5, 5.41) is 6.68. The first-order valence-corrected chi connectivity index (χ1v) is 11.8. The number of thioether (sulfide) groups is 1. The third-order valence-electron chi connectivity index (χ3n) is 5.01. The number of hydrogen-bond donors (Lipinski definition) is 2. The zero-order valence-corrected chi connectivity index (χ0v) is 21.3. The monoisotopic (exact) mass is 552 g/mol. The SMILES string of the molecule is CCNC(=NCc1ccc(C(=O)N2CCCCC2)cc1)NCCSc1ccccc1.I. The van der Waals surface area contributed by atoms with Gasteiger partial charge in [-0.25, -0.2) is 4.99 Å². The molecule has 2 aromatic rings. The van der Waals surface area contributed by atoms with E-state index in [-0.39, 0.29) is 29.9 Å². The fourth-order valence-electron chi connectivity index (χ4n) is 3.40. The van der Waals surface area contributed by atoms with E-state index >= 15 is 0 Å². The number of carbonyl (C=O) groups is 1. The Labute approximate surface area is 207 Å². The highest BCUT2D eigenvalue weighted by Gasteiger charge is 2.17. The molecule has 1 aliphatic heterocycles. The van der Waals surface area contributed by atoms with Crippen molar-refractivity contribution in [3.8, 4) is 0 Å². The molecular formula is C24H33IN4OS. The van der Waals surface area contributed by atoms with Gasteiger partial charge in [0.05, 0.1) is 6.54 Å². The van der Waals surface area contributed by atoms with Crippen molar-refractivity contribution in [3.05, 3.63) is 65.7 Å². The second kappa shape index (κ2) is 14.3. The predicted octanol–water partition coefficient (Wildman–Crippen LogP) is 4.78. The van der Waals surface area contributed by atoms with E-state index in [1.165, 1.54) is 11.3 Å². The first-order chi connectivity index (χ1) is 14.8. The molecule has 0 aliphatic carbocycles. The topological polar surface area (TPSA) is 56.7 Å². The van der Waals surface area contributed by atoms with Crippen molar-refractivity contribution in [2.24, 2.45) is 4.99 Å². The fourth-order valence-corrected chi connectivity index (χ4v) is 4.19. The largest absolute Gasteiger partial charge is 0.357 e. The molecule has 0 bridgehead atoms. The summed E-state index contributed by atoms with van der Waals surface area (Å²) in [5.74, 6) is 1.94. The molecule has 0 unspecified atom stereocenters. The maximum Gasteiger partial charge on any atom is 0.253 e. The van der Waals surface area contributed by atoms with Crippen LogP contribution in [-0.2, 0) is 6.54 Å². The number of benzene rings is 2. The molecule has 0 aromatic heterocycles. The first kappa shape index (κ1) is 25.5. The highest BCUT2D eigenvalue weighted by Crippen LogP contribution is 2.16. The van der Waals surface area contributed by atoms with Crippen LogP contribution < -0.4 is 10.6 Å². The Morgan fingerprint density at radius 1 is 1.00 bits per heavy atom. The number of hydrogen-bond acceptors (Lipinski definition) is 3. The zero-order valence-electron chi connectivity index (χ0n) is 18.2. The third kappa shape index (κ3) is 8.73. The number of carbonyl (C=O) groups excluding carboxylic acids is 1. The van der Waals surface area contributed by atoms with Gasteiger partial charge in [0, 0.05) is 42.4 Å². The summed E-state index contributed by atoms with van der Waals surface area (Å²) in [5.41, 5.74) is 1.87. The van der Waals surface area contributed by atoms with Gasteiger partial charge in [-0.15, -0.1) is 35.7 Å². The van der Waals surface area contributed by atoms with Gasteiger partial charge in [-0.05, 0) is 56.0 Å². The smallest absolute Gasteiger partial charge is 0.253 e. The van der Waals surface area contributed by atoms with E-state index in [1.54, 1.807) is 0 Å². The fraction of sp³-hybridized carbons (Fsp3) is 0.417. The van der Waals surface area contributed by atoms with Crippen molar-refractivity contribution in [3.63, 3.8) is 0 Å². The second-order valence-corrected chi connectivity index (χ2v) is 8.50. The number of aliphatic imine (C=N–C) groups is 1. The Kier molecular flexibility index (Phi) is 11.8. The molecule has 1 amide bonds. The average molecular weight is 553 g/mol. The van der Waals surface area contributed by atoms with Gasteiger partial charge < -0.3 is 15.5 Å². The van der Waals surface area contributed by atoms with E-state index in [1.807, 2.05) is 47.0 Å². The molecule has 3 rings (SSSR count). The summed E-state index contributed by atoms with van der Waals surface area (Å²) in [6, 6.07) is 18.3. The number of nitrogens with one attached hydrogen (secondary N) is 2. The molecular weight excluding hydrogens is 519 g/mol. The number of halogens is 1. The van der Waals surface area contributed by atoms with Crippen molar-refractivity contribution in [1.29, 1.82) is 0 Å². The predicted molar refractivity (Wildman–Crippen MR) is 142 cm³/mol. The average Bonchev–Trinajstić information content (AvgIpc) is 2.81. The van der Waals surface area contributed by atoms with Crippen LogP contribution in [0.15, 0.2) is 64.5 Å². The zero-order chi connectivity index (χ0) is 21.0. The summed E-state index contributed by atoms with van der Waals surface area (Å²) in [4.78, 5) is 20.5. The molecule has 1 aliphatic rings. The minimum absolute atomic E-state index is 0. The van der Waals surface area contributed by atoms with Crippen LogP contribution >= 0.6 is 35.7 Å². The van der Waals surface area contributed by atoms with Crippen LogP contribution in [0.3, 0.4) is 0 Å². The van der Waals surface area contributed by atoms with Crippen LogP contribution in [0, 0.1) is 0 Å². The van der Waals surface area contributed by atoms with Gasteiger partial charge in [-0.3, -0.25) is 4.79 Å². The van der Waals surface area contributed by atoms with Gasteiger partial charge in [0.1, 0.15) is 0 Å². The lowest BCUT2D eigenvalue weighted by Gasteiger charge is -2.26. The molecule has 0 spiro atoms. The number of amides is 1. The number of piperidine rings is 1. The van der Waals surface area contributed by atoms with E-state index in [0.717, 1.165) is 61.9 Å². The Bertz CT molecular complexity index is 808. The van der Waals surface area contributed by atoms with Crippen LogP contribution in [-0.4, -0.2) is 48.7 Å². The van der Waals surface area contributed by atoms with Crippen LogP contribution in [0.4, 0.5) is 0 Å². The third-order valence-corrected chi connectivity index (χ3v) is 6.03. The lowest BCUT2D eigenvalue weighted by Crippen LogP contribution is -2.38. The molecule has 168 valence electrons. The standard InChI is InChI=1S/C24H32N4OS.HI/c1-2-25-24(26-15-18-30-22-9-5-3-6-10-22)27-19-20-11-13-21(14-12-20)23(29)28-16-7-4-8-17-28;/h3,5-6,9-14H,2,4,7-8,15-19H2,1H3,(H2,25,26,27);1H. The van der Waals surface area contributed by atoms with Gasteiger partial charge in [-0.2, -0.15) is 0 Å². The molecule has 31 heavy (non-hydrogen) atoms. The summed E-state index contributed by atoms with van der Waals surface area (Å²) >= 11 is 1.83. The molecule has 1 fully saturated rings. The Balaban J connectivity index is 0.00000341. The minimum Gasteiger partial charge on any atom is -0.357 e. The quantitative estimate of drug-likeness (QED) is 0.163. The number of rotatable bonds is 8. The highest BCUT2D eigenvalue weighted by atomic mass is 127. The van der Waals surface area contributed by atoms with Crippen LogP contribution in [0.1, 0.15) is 42.1 Å². The lowest BCUT2D eigenvalue weighted by atomic mass is 10.1. The molecule has 0 saturated carbocycles.